The van der Waals surface area contributed by atoms with E-state index in [0.717, 1.165) is 38.2 Å². The van der Waals surface area contributed by atoms with Gasteiger partial charge in [0.1, 0.15) is 24.1 Å². The Hall–Kier alpha value is -7.18. The van der Waals surface area contributed by atoms with Crippen LogP contribution in [0.15, 0.2) is 140 Å². The summed E-state index contributed by atoms with van der Waals surface area (Å²) in [6.07, 6.45) is 2.38. The standard InChI is InChI=1S/C45H44N6O6/c1-2-26-55-38-23-21-31-14-6-8-18-35(31)41(38)42-36-19-9-7-15-32(36)22-24-39(42)56-29-40(52)50-37(20-11-25-48-45(46)47)44(54)49-34-17-10-16-33(27-34)43(53)51-57-28-30-12-4-3-5-13-30/h2-10,12-19,21-24,27,37H,1,11,20,25-26,28-29H2,(H,49,54)(H,50,52)(H,51,53)(H4,46,47,48)/p+1/t37-/m1/s1. The van der Waals surface area contributed by atoms with E-state index in [-0.39, 0.29) is 31.2 Å². The van der Waals surface area contributed by atoms with Crippen LogP contribution in [0.4, 0.5) is 5.69 Å². The fourth-order valence-electron chi connectivity index (χ4n) is 6.38. The number of hydroxylamine groups is 1. The van der Waals surface area contributed by atoms with Gasteiger partial charge in [-0.05, 0) is 70.3 Å². The number of nitrogens with one attached hydrogen (secondary N) is 4. The monoisotopic (exact) mass is 765 g/mol. The van der Waals surface area contributed by atoms with Crippen LogP contribution in [0.2, 0.25) is 0 Å². The Balaban J connectivity index is 1.19. The minimum absolute atomic E-state index is 0.0479. The Labute approximate surface area is 330 Å². The zero-order valence-corrected chi connectivity index (χ0v) is 31.3. The van der Waals surface area contributed by atoms with Crippen LogP contribution in [0.5, 0.6) is 11.5 Å². The number of hydrogen-bond donors (Lipinski definition) is 6. The van der Waals surface area contributed by atoms with E-state index in [4.69, 9.17) is 25.8 Å². The van der Waals surface area contributed by atoms with Crippen LogP contribution in [0, 0.1) is 0 Å². The number of ether oxygens (including phenoxy) is 2. The molecule has 0 aliphatic carbocycles. The van der Waals surface area contributed by atoms with E-state index in [9.17, 15) is 14.4 Å². The highest BCUT2D eigenvalue weighted by Crippen LogP contribution is 2.45. The molecule has 57 heavy (non-hydrogen) atoms. The number of carbonyl (C=O) groups is 3. The Morgan fingerprint density at radius 1 is 0.754 bits per heavy atom. The van der Waals surface area contributed by atoms with Gasteiger partial charge in [-0.2, -0.15) is 0 Å². The largest absolute Gasteiger partial charge is 0.489 e. The van der Waals surface area contributed by atoms with Crippen molar-refractivity contribution in [1.82, 2.24) is 10.8 Å². The van der Waals surface area contributed by atoms with Gasteiger partial charge in [-0.25, -0.2) is 5.48 Å². The first kappa shape index (κ1) is 39.5. The van der Waals surface area contributed by atoms with Crippen LogP contribution in [-0.4, -0.2) is 49.5 Å². The molecule has 0 radical (unpaired) electrons. The molecule has 12 nitrogen and oxygen atoms in total. The van der Waals surface area contributed by atoms with Crippen molar-refractivity contribution in [2.75, 3.05) is 25.1 Å². The predicted molar refractivity (Wildman–Crippen MR) is 222 cm³/mol. The molecule has 0 spiro atoms. The van der Waals surface area contributed by atoms with Gasteiger partial charge in [-0.3, -0.25) is 35.7 Å². The van der Waals surface area contributed by atoms with Crippen molar-refractivity contribution in [2.45, 2.75) is 25.5 Å². The minimum Gasteiger partial charge on any atom is -0.489 e. The highest BCUT2D eigenvalue weighted by atomic mass is 16.6. The maximum Gasteiger partial charge on any atom is 0.338 e. The number of guanidine groups is 1. The second-order valence-corrected chi connectivity index (χ2v) is 13.1. The SMILES string of the molecule is C=CCOc1ccc2ccccc2c1-c1c(OCC(=O)N[C@H](CCC[NH+]=C(N)N)C(=O)Nc2cccc(C(=O)NOCc3ccccc3)c2)ccc2ccccc12. The fourth-order valence-corrected chi connectivity index (χ4v) is 6.38. The maximum atomic E-state index is 13.7. The molecule has 0 heterocycles. The number of rotatable bonds is 18. The molecule has 0 saturated carbocycles. The molecule has 6 aromatic carbocycles. The summed E-state index contributed by atoms with van der Waals surface area (Å²) in [5.74, 6) is -0.339. The zero-order chi connectivity index (χ0) is 40.0. The second-order valence-electron chi connectivity index (χ2n) is 13.1. The van der Waals surface area contributed by atoms with Crippen LogP contribution in [-0.2, 0) is 21.0 Å². The molecule has 6 aromatic rings. The third kappa shape index (κ3) is 10.5. The highest BCUT2D eigenvalue weighted by molar-refractivity contribution is 6.10. The Morgan fingerprint density at radius 2 is 1.40 bits per heavy atom. The summed E-state index contributed by atoms with van der Waals surface area (Å²) in [7, 11) is 0. The molecule has 3 amide bonds. The summed E-state index contributed by atoms with van der Waals surface area (Å²) >= 11 is 0. The maximum absolute atomic E-state index is 13.7. The summed E-state index contributed by atoms with van der Waals surface area (Å²) in [5, 5.41) is 9.51. The van der Waals surface area contributed by atoms with Gasteiger partial charge in [0.15, 0.2) is 6.61 Å². The first-order chi connectivity index (χ1) is 27.8. The third-order valence-electron chi connectivity index (χ3n) is 9.04. The summed E-state index contributed by atoms with van der Waals surface area (Å²) in [5.41, 5.74) is 16.7. The third-order valence-corrected chi connectivity index (χ3v) is 9.04. The van der Waals surface area contributed by atoms with Crippen molar-refractivity contribution in [3.8, 4) is 22.6 Å². The molecule has 290 valence electrons. The van der Waals surface area contributed by atoms with Gasteiger partial charge in [0.2, 0.25) is 5.91 Å². The van der Waals surface area contributed by atoms with Crippen molar-refractivity contribution in [3.05, 3.63) is 151 Å². The lowest BCUT2D eigenvalue weighted by Gasteiger charge is -2.21. The van der Waals surface area contributed by atoms with E-state index in [2.05, 4.69) is 27.7 Å². The number of benzene rings is 6. The Bertz CT molecular complexity index is 2400. The zero-order valence-electron chi connectivity index (χ0n) is 31.3. The van der Waals surface area contributed by atoms with E-state index in [1.165, 1.54) is 6.07 Å². The van der Waals surface area contributed by atoms with Gasteiger partial charge in [0, 0.05) is 22.4 Å². The lowest BCUT2D eigenvalue weighted by Crippen LogP contribution is -2.78. The van der Waals surface area contributed by atoms with Crippen molar-refractivity contribution in [3.63, 3.8) is 0 Å². The normalized spacial score (nSPS) is 11.3. The number of amides is 3. The summed E-state index contributed by atoms with van der Waals surface area (Å²) in [6, 6.07) is 38.5. The van der Waals surface area contributed by atoms with E-state index in [1.54, 1.807) is 24.3 Å². The highest BCUT2D eigenvalue weighted by Gasteiger charge is 2.23. The van der Waals surface area contributed by atoms with E-state index in [0.29, 0.717) is 36.8 Å². The van der Waals surface area contributed by atoms with Gasteiger partial charge in [-0.15, -0.1) is 0 Å². The molecule has 8 N–H and O–H groups in total. The molecule has 0 aliphatic heterocycles. The van der Waals surface area contributed by atoms with Crippen LogP contribution >= 0.6 is 0 Å². The van der Waals surface area contributed by atoms with Gasteiger partial charge < -0.3 is 20.1 Å². The smallest absolute Gasteiger partial charge is 0.338 e. The number of anilines is 1. The summed E-state index contributed by atoms with van der Waals surface area (Å²) in [4.78, 5) is 48.4. The molecule has 0 aliphatic rings. The van der Waals surface area contributed by atoms with Gasteiger partial charge in [0.25, 0.3) is 11.8 Å². The molecule has 0 saturated heterocycles. The van der Waals surface area contributed by atoms with Crippen LogP contribution in [0.1, 0.15) is 28.8 Å². The van der Waals surface area contributed by atoms with Gasteiger partial charge in [0.05, 0.1) is 13.2 Å². The molecule has 1 atom stereocenters. The summed E-state index contributed by atoms with van der Waals surface area (Å²) < 4.78 is 12.5. The van der Waals surface area contributed by atoms with E-state index < -0.39 is 23.8 Å². The lowest BCUT2D eigenvalue weighted by atomic mass is 9.92. The van der Waals surface area contributed by atoms with Crippen LogP contribution < -0.4 is 42.0 Å². The van der Waals surface area contributed by atoms with E-state index >= 15 is 0 Å². The quantitative estimate of drug-likeness (QED) is 0.0239. The topological polar surface area (TPSA) is 181 Å². The Morgan fingerprint density at radius 3 is 2.07 bits per heavy atom. The molecule has 0 fully saturated rings. The van der Waals surface area contributed by atoms with Crippen molar-refractivity contribution in [1.29, 1.82) is 0 Å². The number of nitrogens with two attached hydrogens (primary N) is 2. The van der Waals surface area contributed by atoms with Gasteiger partial charge in [-0.1, -0.05) is 110 Å². The van der Waals surface area contributed by atoms with Crippen molar-refractivity contribution in [2.24, 2.45) is 11.5 Å². The van der Waals surface area contributed by atoms with Gasteiger partial charge >= 0.3 is 5.96 Å². The molecule has 6 rings (SSSR count). The van der Waals surface area contributed by atoms with E-state index in [1.807, 2.05) is 103 Å². The predicted octanol–water partition coefficient (Wildman–Crippen LogP) is 4.72. The molecule has 12 heteroatoms. The minimum atomic E-state index is -0.971. The molecular formula is C45H45N6O6+. The molecule has 0 bridgehead atoms. The molecule has 0 unspecified atom stereocenters. The number of carbonyl (C=O) groups excluding carboxylic acids is 3. The first-order valence-electron chi connectivity index (χ1n) is 18.5. The van der Waals surface area contributed by atoms with Crippen molar-refractivity contribution < 1.29 is 33.7 Å². The van der Waals surface area contributed by atoms with Crippen molar-refractivity contribution >= 4 is 50.9 Å². The lowest BCUT2D eigenvalue weighted by molar-refractivity contribution is -0.459. The Kier molecular flexibility index (Phi) is 13.5. The molecular weight excluding hydrogens is 721 g/mol. The second kappa shape index (κ2) is 19.4. The fraction of sp³-hybridized carbons (Fsp3) is 0.156. The van der Waals surface area contributed by atoms with Crippen LogP contribution in [0.25, 0.3) is 32.7 Å². The summed E-state index contributed by atoms with van der Waals surface area (Å²) in [6.45, 7) is 4.29. The first-order valence-corrected chi connectivity index (χ1v) is 18.5. The average molecular weight is 766 g/mol. The number of fused-ring (bicyclic) bond motifs is 2. The molecule has 0 aromatic heterocycles. The van der Waals surface area contributed by atoms with Crippen LogP contribution in [0.3, 0.4) is 0 Å². The average Bonchev–Trinajstić information content (AvgIpc) is 3.23. The number of hydrogen-bond acceptors (Lipinski definition) is 6.